The molecule has 0 spiro atoms. The molecule has 1 aliphatic heterocycles. The zero-order valence-electron chi connectivity index (χ0n) is 14.6. The van der Waals surface area contributed by atoms with Gasteiger partial charge in [-0.15, -0.1) is 0 Å². The molecule has 6 nitrogen and oxygen atoms in total. The van der Waals surface area contributed by atoms with E-state index in [9.17, 15) is 8.42 Å². The largest absolute Gasteiger partial charge is 0.374 e. The zero-order valence-corrected chi connectivity index (χ0v) is 15.4. The molecule has 24 heavy (non-hydrogen) atoms. The Morgan fingerprint density at radius 1 is 1.29 bits per heavy atom. The van der Waals surface area contributed by atoms with Crippen molar-refractivity contribution >= 4 is 15.8 Å². The van der Waals surface area contributed by atoms with E-state index in [-0.39, 0.29) is 23.7 Å². The molecule has 0 aliphatic carbocycles. The van der Waals surface area contributed by atoms with Gasteiger partial charge in [0.2, 0.25) is 0 Å². The van der Waals surface area contributed by atoms with Gasteiger partial charge in [0.15, 0.2) is 15.8 Å². The molecule has 0 amide bonds. The summed E-state index contributed by atoms with van der Waals surface area (Å²) >= 11 is 0. The number of nitrogens with one attached hydrogen (secondary N) is 2. The van der Waals surface area contributed by atoms with Crippen molar-refractivity contribution in [2.45, 2.75) is 45.6 Å². The van der Waals surface area contributed by atoms with Gasteiger partial charge in [-0.3, -0.25) is 4.99 Å². The zero-order chi connectivity index (χ0) is 17.6. The summed E-state index contributed by atoms with van der Waals surface area (Å²) in [6.07, 6.45) is 0.855. The number of hydrogen-bond acceptors (Lipinski definition) is 4. The van der Waals surface area contributed by atoms with Crippen molar-refractivity contribution in [2.24, 2.45) is 4.99 Å². The van der Waals surface area contributed by atoms with Crippen LogP contribution in [0, 0.1) is 0 Å². The monoisotopic (exact) mass is 353 g/mol. The molecule has 0 saturated carbocycles. The number of rotatable bonds is 6. The standard InChI is InChI=1S/C17H27N3O3S/c1-13(2)23-11-15-6-4-14(5-7-15)10-19-17(18-3)20-16-8-9-24(21,22)12-16/h4-7,13,16H,8-12H2,1-3H3,(H2,18,19,20). The molecule has 1 heterocycles. The Balaban J connectivity index is 1.80. The summed E-state index contributed by atoms with van der Waals surface area (Å²) in [5, 5.41) is 6.40. The van der Waals surface area contributed by atoms with E-state index in [1.807, 2.05) is 13.8 Å². The lowest BCUT2D eigenvalue weighted by Crippen LogP contribution is -2.43. The molecule has 2 N–H and O–H groups in total. The first-order chi connectivity index (χ1) is 11.4. The van der Waals surface area contributed by atoms with Gasteiger partial charge in [-0.1, -0.05) is 24.3 Å². The van der Waals surface area contributed by atoms with Crippen molar-refractivity contribution in [2.75, 3.05) is 18.6 Å². The van der Waals surface area contributed by atoms with Crippen LogP contribution in [-0.2, 0) is 27.7 Å². The second-order valence-electron chi connectivity index (χ2n) is 6.35. The second kappa shape index (κ2) is 8.48. The maximum absolute atomic E-state index is 11.5. The molecular formula is C17H27N3O3S. The lowest BCUT2D eigenvalue weighted by Gasteiger charge is -2.16. The first kappa shape index (κ1) is 18.7. The van der Waals surface area contributed by atoms with E-state index >= 15 is 0 Å². The van der Waals surface area contributed by atoms with Crippen LogP contribution >= 0.6 is 0 Å². The number of aliphatic imine (C=N–C) groups is 1. The molecule has 1 atom stereocenters. The average molecular weight is 353 g/mol. The maximum atomic E-state index is 11.5. The molecule has 1 saturated heterocycles. The number of ether oxygens (including phenoxy) is 1. The summed E-state index contributed by atoms with van der Waals surface area (Å²) in [4.78, 5) is 4.16. The first-order valence-corrected chi connectivity index (χ1v) is 10.1. The van der Waals surface area contributed by atoms with Gasteiger partial charge in [0.25, 0.3) is 0 Å². The summed E-state index contributed by atoms with van der Waals surface area (Å²) in [5.41, 5.74) is 2.27. The second-order valence-corrected chi connectivity index (χ2v) is 8.58. The highest BCUT2D eigenvalue weighted by molar-refractivity contribution is 7.91. The minimum atomic E-state index is -2.89. The van der Waals surface area contributed by atoms with Crippen LogP contribution in [0.15, 0.2) is 29.3 Å². The Morgan fingerprint density at radius 2 is 1.96 bits per heavy atom. The first-order valence-electron chi connectivity index (χ1n) is 8.25. The summed E-state index contributed by atoms with van der Waals surface area (Å²) in [5.74, 6) is 1.06. The van der Waals surface area contributed by atoms with E-state index in [4.69, 9.17) is 4.74 Å². The highest BCUT2D eigenvalue weighted by atomic mass is 32.2. The highest BCUT2D eigenvalue weighted by Crippen LogP contribution is 2.11. The summed E-state index contributed by atoms with van der Waals surface area (Å²) in [6, 6.07) is 8.16. The molecule has 7 heteroatoms. The van der Waals surface area contributed by atoms with E-state index in [0.29, 0.717) is 25.5 Å². The van der Waals surface area contributed by atoms with Crippen LogP contribution in [0.2, 0.25) is 0 Å². The fraction of sp³-hybridized carbons (Fsp3) is 0.588. The van der Waals surface area contributed by atoms with E-state index < -0.39 is 9.84 Å². The minimum Gasteiger partial charge on any atom is -0.374 e. The fourth-order valence-corrected chi connectivity index (χ4v) is 4.17. The molecule has 1 aromatic carbocycles. The van der Waals surface area contributed by atoms with Crippen molar-refractivity contribution in [1.82, 2.24) is 10.6 Å². The molecular weight excluding hydrogens is 326 g/mol. The van der Waals surface area contributed by atoms with Crippen molar-refractivity contribution in [3.63, 3.8) is 0 Å². The Bertz CT molecular complexity index is 654. The molecule has 134 valence electrons. The number of guanidine groups is 1. The van der Waals surface area contributed by atoms with Gasteiger partial charge >= 0.3 is 0 Å². The summed E-state index contributed by atoms with van der Waals surface area (Å²) in [7, 11) is -1.20. The Hall–Kier alpha value is -1.60. The van der Waals surface area contributed by atoms with E-state index in [1.54, 1.807) is 7.05 Å². The van der Waals surface area contributed by atoms with Crippen LogP contribution in [0.25, 0.3) is 0 Å². The van der Waals surface area contributed by atoms with Crippen LogP contribution in [0.3, 0.4) is 0 Å². The van der Waals surface area contributed by atoms with Crippen LogP contribution in [0.1, 0.15) is 31.4 Å². The van der Waals surface area contributed by atoms with Crippen molar-refractivity contribution in [3.05, 3.63) is 35.4 Å². The molecule has 1 aliphatic rings. The van der Waals surface area contributed by atoms with Gasteiger partial charge in [0.05, 0.1) is 24.2 Å². The molecule has 1 unspecified atom stereocenters. The van der Waals surface area contributed by atoms with Crippen LogP contribution in [0.5, 0.6) is 0 Å². The Morgan fingerprint density at radius 3 is 2.50 bits per heavy atom. The Labute approximate surface area is 144 Å². The third-order valence-electron chi connectivity index (χ3n) is 3.86. The lowest BCUT2D eigenvalue weighted by atomic mass is 10.1. The predicted molar refractivity (Wildman–Crippen MR) is 96.8 cm³/mol. The van der Waals surface area contributed by atoms with Gasteiger partial charge in [-0.05, 0) is 31.4 Å². The van der Waals surface area contributed by atoms with Gasteiger partial charge in [0, 0.05) is 19.6 Å². The SMILES string of the molecule is CN=C(NCc1ccc(COC(C)C)cc1)NC1CCS(=O)(=O)C1. The minimum absolute atomic E-state index is 0.0586. The molecule has 2 rings (SSSR count). The normalized spacial score (nSPS) is 20.3. The van der Waals surface area contributed by atoms with Crippen LogP contribution < -0.4 is 10.6 Å². The number of benzene rings is 1. The van der Waals surface area contributed by atoms with Gasteiger partial charge < -0.3 is 15.4 Å². The smallest absolute Gasteiger partial charge is 0.191 e. The molecule has 0 radical (unpaired) electrons. The number of nitrogens with zero attached hydrogens (tertiary/aromatic N) is 1. The summed E-state index contributed by atoms with van der Waals surface area (Å²) in [6.45, 7) is 5.29. The van der Waals surface area contributed by atoms with Crippen LogP contribution in [-0.4, -0.2) is 45.1 Å². The molecule has 0 bridgehead atoms. The molecule has 0 aromatic heterocycles. The van der Waals surface area contributed by atoms with Gasteiger partial charge in [0.1, 0.15) is 0 Å². The predicted octanol–water partition coefficient (Wildman–Crippen LogP) is 1.46. The van der Waals surface area contributed by atoms with E-state index in [1.165, 1.54) is 0 Å². The highest BCUT2D eigenvalue weighted by Gasteiger charge is 2.28. The maximum Gasteiger partial charge on any atom is 0.191 e. The number of sulfone groups is 1. The third kappa shape index (κ3) is 6.13. The third-order valence-corrected chi connectivity index (χ3v) is 5.63. The molecule has 1 fully saturated rings. The van der Waals surface area contributed by atoms with E-state index in [0.717, 1.165) is 11.1 Å². The number of hydrogen-bond donors (Lipinski definition) is 2. The summed E-state index contributed by atoms with van der Waals surface area (Å²) < 4.78 is 28.6. The lowest BCUT2D eigenvalue weighted by molar-refractivity contribution is 0.0657. The topological polar surface area (TPSA) is 79.8 Å². The van der Waals surface area contributed by atoms with Gasteiger partial charge in [-0.25, -0.2) is 8.42 Å². The van der Waals surface area contributed by atoms with Crippen molar-refractivity contribution in [3.8, 4) is 0 Å². The average Bonchev–Trinajstić information content (AvgIpc) is 2.89. The van der Waals surface area contributed by atoms with Crippen LogP contribution in [0.4, 0.5) is 0 Å². The Kier molecular flexibility index (Phi) is 6.62. The van der Waals surface area contributed by atoms with Crippen molar-refractivity contribution in [1.29, 1.82) is 0 Å². The van der Waals surface area contributed by atoms with E-state index in [2.05, 4.69) is 39.9 Å². The molecule has 1 aromatic rings. The van der Waals surface area contributed by atoms with Gasteiger partial charge in [-0.2, -0.15) is 0 Å². The fourth-order valence-electron chi connectivity index (χ4n) is 2.50. The quantitative estimate of drug-likeness (QED) is 0.598. The van der Waals surface area contributed by atoms with Crippen molar-refractivity contribution < 1.29 is 13.2 Å².